The summed E-state index contributed by atoms with van der Waals surface area (Å²) >= 11 is 0. The summed E-state index contributed by atoms with van der Waals surface area (Å²) < 4.78 is 12.0. The van der Waals surface area contributed by atoms with Crippen LogP contribution in [0, 0.1) is 5.41 Å². The van der Waals surface area contributed by atoms with Crippen LogP contribution < -0.4 is 14.4 Å². The first kappa shape index (κ1) is 33.9. The standard InChI is InChI=1S/C44H49N5O4/c1-28(2)35-6-4-5-7-37(35)39-25-47(24-29-8-12-36(30-9-10-30)40(18-29)52-3)16-17-49(39)33-21-44(22-33)26-48(27-44)32-11-13-38(43(50)51)41(20-32)53-34-19-31-14-15-45-42(31)46-23-34/h4-8,11-15,18-20,23,28,30,33,39H,9-10,16-17,21-22,24-27H2,1-3H3,(H,45,46)(H,50,51). The fraction of sp³-hybridized carbons (Fsp3) is 0.409. The quantitative estimate of drug-likeness (QED) is 0.141. The molecule has 2 N–H and O–H groups in total. The second-order valence-corrected chi connectivity index (χ2v) is 16.2. The first-order valence-electron chi connectivity index (χ1n) is 19.2. The molecule has 1 spiro atoms. The number of fused-ring (bicyclic) bond motifs is 1. The first-order chi connectivity index (χ1) is 25.8. The predicted octanol–water partition coefficient (Wildman–Crippen LogP) is 8.59. The largest absolute Gasteiger partial charge is 0.496 e. The summed E-state index contributed by atoms with van der Waals surface area (Å²) in [5.74, 6) is 2.02. The highest BCUT2D eigenvalue weighted by Gasteiger charge is 2.55. The number of rotatable bonds is 11. The summed E-state index contributed by atoms with van der Waals surface area (Å²) in [4.78, 5) is 27.5. The molecule has 1 atom stereocenters. The number of carbonyl (C=O) groups is 1. The molecule has 2 saturated heterocycles. The Balaban J connectivity index is 0.891. The van der Waals surface area contributed by atoms with Crippen LogP contribution in [0.3, 0.4) is 0 Å². The van der Waals surface area contributed by atoms with Crippen molar-refractivity contribution in [2.75, 3.05) is 44.7 Å². The van der Waals surface area contributed by atoms with E-state index in [0.29, 0.717) is 40.8 Å². The lowest BCUT2D eigenvalue weighted by Crippen LogP contribution is -2.68. The highest BCUT2D eigenvalue weighted by atomic mass is 16.5. The zero-order valence-corrected chi connectivity index (χ0v) is 30.9. The van der Waals surface area contributed by atoms with Gasteiger partial charge in [0, 0.05) is 80.1 Å². The first-order valence-corrected chi connectivity index (χ1v) is 19.2. The summed E-state index contributed by atoms with van der Waals surface area (Å²) in [6.07, 6.45) is 8.37. The van der Waals surface area contributed by atoms with Gasteiger partial charge in [-0.15, -0.1) is 0 Å². The number of anilines is 1. The zero-order valence-electron chi connectivity index (χ0n) is 30.9. The zero-order chi connectivity index (χ0) is 36.3. The molecule has 9 heteroatoms. The van der Waals surface area contributed by atoms with Gasteiger partial charge in [0.1, 0.15) is 28.5 Å². The van der Waals surface area contributed by atoms with E-state index >= 15 is 0 Å². The van der Waals surface area contributed by atoms with Crippen LogP contribution in [-0.4, -0.2) is 76.7 Å². The number of aromatic amines is 1. The van der Waals surface area contributed by atoms with E-state index < -0.39 is 5.97 Å². The van der Waals surface area contributed by atoms with Gasteiger partial charge in [0.15, 0.2) is 0 Å². The number of pyridine rings is 1. The lowest BCUT2D eigenvalue weighted by molar-refractivity contribution is -0.0647. The summed E-state index contributed by atoms with van der Waals surface area (Å²) in [6.45, 7) is 10.6. The molecular weight excluding hydrogens is 663 g/mol. The molecule has 1 unspecified atom stereocenters. The van der Waals surface area contributed by atoms with Crippen LogP contribution >= 0.6 is 0 Å². The van der Waals surface area contributed by atoms with Gasteiger partial charge < -0.3 is 24.5 Å². The smallest absolute Gasteiger partial charge is 0.339 e. The van der Waals surface area contributed by atoms with E-state index in [1.165, 1.54) is 47.9 Å². The molecule has 0 radical (unpaired) electrons. The van der Waals surface area contributed by atoms with Crippen molar-refractivity contribution in [2.45, 2.75) is 70.0 Å². The van der Waals surface area contributed by atoms with Crippen LogP contribution in [0.25, 0.3) is 11.0 Å². The third-order valence-corrected chi connectivity index (χ3v) is 12.2. The Bertz CT molecular complexity index is 2140. The molecule has 5 aromatic rings. The minimum absolute atomic E-state index is 0.142. The summed E-state index contributed by atoms with van der Waals surface area (Å²) in [6, 6.07) is 26.2. The summed E-state index contributed by atoms with van der Waals surface area (Å²) in [5.41, 5.74) is 7.82. The van der Waals surface area contributed by atoms with Gasteiger partial charge in [-0.25, -0.2) is 9.78 Å². The molecule has 0 bridgehead atoms. The SMILES string of the molecule is COc1cc(CN2CCN(C3CC4(C3)CN(c3ccc(C(=O)O)c(Oc5cnc6[nH]ccc6c5)c3)C4)C(c3ccccc3C(C)C)C2)ccc1C1CC1. The van der Waals surface area contributed by atoms with Gasteiger partial charge in [0.25, 0.3) is 0 Å². The van der Waals surface area contributed by atoms with Crippen LogP contribution in [-0.2, 0) is 6.54 Å². The molecule has 2 aliphatic carbocycles. The summed E-state index contributed by atoms with van der Waals surface area (Å²) in [5, 5.41) is 10.8. The van der Waals surface area contributed by atoms with E-state index in [1.807, 2.05) is 30.5 Å². The van der Waals surface area contributed by atoms with Gasteiger partial charge >= 0.3 is 5.97 Å². The van der Waals surface area contributed by atoms with Crippen LogP contribution in [0.4, 0.5) is 5.69 Å². The van der Waals surface area contributed by atoms with Gasteiger partial charge in [0.2, 0.25) is 0 Å². The topological polar surface area (TPSA) is 94.2 Å². The molecule has 0 amide bonds. The maximum atomic E-state index is 12.1. The highest BCUT2D eigenvalue weighted by molar-refractivity contribution is 5.92. The van der Waals surface area contributed by atoms with Crippen molar-refractivity contribution in [2.24, 2.45) is 5.41 Å². The highest BCUT2D eigenvalue weighted by Crippen LogP contribution is 2.54. The maximum Gasteiger partial charge on any atom is 0.339 e. The number of aromatic nitrogens is 2. The molecule has 2 aliphatic heterocycles. The number of hydrogen-bond donors (Lipinski definition) is 2. The number of carboxylic acids is 1. The Labute approximate surface area is 311 Å². The molecular formula is C44H49N5O4. The molecule has 4 fully saturated rings. The van der Waals surface area contributed by atoms with E-state index in [4.69, 9.17) is 9.47 Å². The number of nitrogens with zero attached hydrogens (tertiary/aromatic N) is 4. The number of piperazine rings is 1. The Morgan fingerprint density at radius 3 is 2.58 bits per heavy atom. The van der Waals surface area contributed by atoms with Crippen LogP contribution in [0.15, 0.2) is 85.2 Å². The van der Waals surface area contributed by atoms with Gasteiger partial charge in [-0.1, -0.05) is 50.2 Å². The molecule has 4 heterocycles. The Morgan fingerprint density at radius 1 is 0.981 bits per heavy atom. The third kappa shape index (κ3) is 6.55. The van der Waals surface area contributed by atoms with Crippen LogP contribution in [0.2, 0.25) is 0 Å². The van der Waals surface area contributed by atoms with E-state index in [1.54, 1.807) is 19.4 Å². The Kier molecular flexibility index (Phi) is 8.66. The second kappa shape index (κ2) is 13.5. The van der Waals surface area contributed by atoms with Crippen LogP contribution in [0.1, 0.15) is 90.0 Å². The maximum absolute atomic E-state index is 12.1. The van der Waals surface area contributed by atoms with E-state index in [9.17, 15) is 9.90 Å². The molecule has 9 nitrogen and oxygen atoms in total. The average molecular weight is 712 g/mol. The molecule has 9 rings (SSSR count). The molecule has 53 heavy (non-hydrogen) atoms. The van der Waals surface area contributed by atoms with Crippen LogP contribution in [0.5, 0.6) is 17.2 Å². The van der Waals surface area contributed by atoms with E-state index in [-0.39, 0.29) is 5.56 Å². The van der Waals surface area contributed by atoms with E-state index in [2.05, 4.69) is 81.0 Å². The number of ether oxygens (including phenoxy) is 2. The lowest BCUT2D eigenvalue weighted by Gasteiger charge is -2.63. The number of nitrogens with one attached hydrogen (secondary N) is 1. The van der Waals surface area contributed by atoms with Gasteiger partial charge in [-0.3, -0.25) is 9.80 Å². The number of benzene rings is 3. The minimum atomic E-state index is -1.01. The third-order valence-electron chi connectivity index (χ3n) is 12.2. The normalized spacial score (nSPS) is 20.5. The van der Waals surface area contributed by atoms with Gasteiger partial charge in [0.05, 0.1) is 13.3 Å². The molecule has 2 saturated carbocycles. The molecule has 3 aromatic carbocycles. The fourth-order valence-corrected chi connectivity index (χ4v) is 9.34. The van der Waals surface area contributed by atoms with Gasteiger partial charge in [-0.2, -0.15) is 0 Å². The predicted molar refractivity (Wildman–Crippen MR) is 207 cm³/mol. The van der Waals surface area contributed by atoms with Crippen molar-refractivity contribution in [1.82, 2.24) is 19.8 Å². The Hall–Kier alpha value is -4.86. The lowest BCUT2D eigenvalue weighted by atomic mass is 9.59. The van der Waals surface area contributed by atoms with Crippen molar-refractivity contribution in [3.63, 3.8) is 0 Å². The van der Waals surface area contributed by atoms with Crippen molar-refractivity contribution >= 4 is 22.7 Å². The second-order valence-electron chi connectivity index (χ2n) is 16.2. The fourth-order valence-electron chi connectivity index (χ4n) is 9.34. The Morgan fingerprint density at radius 2 is 1.81 bits per heavy atom. The van der Waals surface area contributed by atoms with Crippen molar-refractivity contribution in [3.8, 4) is 17.2 Å². The number of methoxy groups -OCH3 is 1. The van der Waals surface area contributed by atoms with Crippen molar-refractivity contribution < 1.29 is 19.4 Å². The molecule has 2 aromatic heterocycles. The monoisotopic (exact) mass is 711 g/mol. The average Bonchev–Trinajstić information content (AvgIpc) is 3.87. The van der Waals surface area contributed by atoms with Gasteiger partial charge in [-0.05, 0) is 90.1 Å². The van der Waals surface area contributed by atoms with E-state index in [0.717, 1.165) is 61.7 Å². The van der Waals surface area contributed by atoms with Crippen molar-refractivity contribution in [1.29, 1.82) is 0 Å². The number of H-pyrrole nitrogens is 1. The molecule has 274 valence electrons. The molecule has 4 aliphatic rings. The van der Waals surface area contributed by atoms with Crippen molar-refractivity contribution in [3.05, 3.63) is 113 Å². The summed E-state index contributed by atoms with van der Waals surface area (Å²) in [7, 11) is 1.81. The number of hydrogen-bond acceptors (Lipinski definition) is 7. The minimum Gasteiger partial charge on any atom is -0.496 e. The number of carboxylic acid groups (broad SMARTS) is 1. The number of aromatic carboxylic acids is 1.